The number of anilines is 2. The number of carbonyl (C=O) groups is 2. The molecule has 2 aromatic heterocycles. The molecule has 50 heavy (non-hydrogen) atoms. The predicted octanol–water partition coefficient (Wildman–Crippen LogP) is 7.03. The maximum Gasteiger partial charge on any atom is 0.257 e. The molecule has 0 radical (unpaired) electrons. The van der Waals surface area contributed by atoms with Crippen LogP contribution in [0.1, 0.15) is 76.1 Å². The Balaban J connectivity index is 1.27. The summed E-state index contributed by atoms with van der Waals surface area (Å²) in [6.07, 6.45) is 0. The summed E-state index contributed by atoms with van der Waals surface area (Å²) in [5.74, 6) is -0.889. The molecule has 5 rings (SSSR count). The summed E-state index contributed by atoms with van der Waals surface area (Å²) in [5.41, 5.74) is 1.69. The first-order valence-corrected chi connectivity index (χ1v) is 20.5. The van der Waals surface area contributed by atoms with Crippen LogP contribution in [0.3, 0.4) is 0 Å². The van der Waals surface area contributed by atoms with E-state index in [2.05, 4.69) is 20.6 Å². The molecule has 0 atom stereocenters. The van der Waals surface area contributed by atoms with Crippen LogP contribution in [0.2, 0.25) is 0 Å². The van der Waals surface area contributed by atoms with E-state index >= 15 is 0 Å². The maximum atomic E-state index is 13.3. The van der Waals surface area contributed by atoms with Gasteiger partial charge in [0, 0.05) is 35.3 Å². The highest BCUT2D eigenvalue weighted by atomic mass is 32.2. The zero-order chi connectivity index (χ0) is 36.7. The van der Waals surface area contributed by atoms with Crippen LogP contribution in [0.15, 0.2) is 70.5 Å². The van der Waals surface area contributed by atoms with Gasteiger partial charge < -0.3 is 0 Å². The van der Waals surface area contributed by atoms with Crippen LogP contribution < -0.4 is 10.6 Å². The van der Waals surface area contributed by atoms with Crippen molar-refractivity contribution in [1.82, 2.24) is 18.6 Å². The summed E-state index contributed by atoms with van der Waals surface area (Å²) < 4.78 is 57.5. The number of nitrogens with zero attached hydrogens (tertiary/aromatic N) is 4. The number of hydrogen-bond donors (Lipinski definition) is 2. The van der Waals surface area contributed by atoms with Gasteiger partial charge in [0.2, 0.25) is 20.0 Å². The lowest BCUT2D eigenvalue weighted by atomic mass is 10.1. The number of thiazole rings is 2. The molecule has 3 aromatic carbocycles. The smallest absolute Gasteiger partial charge is 0.257 e. The van der Waals surface area contributed by atoms with Crippen LogP contribution in [-0.2, 0) is 20.0 Å². The average molecular weight is 757 g/mol. The number of carbonyl (C=O) groups excluding carboxylic acids is 2. The van der Waals surface area contributed by atoms with E-state index in [4.69, 9.17) is 0 Å². The van der Waals surface area contributed by atoms with Crippen molar-refractivity contribution in [2.45, 2.75) is 89.3 Å². The summed E-state index contributed by atoms with van der Waals surface area (Å²) in [4.78, 5) is 35.3. The lowest BCUT2D eigenvalue weighted by molar-refractivity contribution is 0.101. The Morgan fingerprint density at radius 2 is 0.880 bits per heavy atom. The molecule has 2 amide bonds. The van der Waals surface area contributed by atoms with Gasteiger partial charge in [0.15, 0.2) is 10.3 Å². The van der Waals surface area contributed by atoms with Gasteiger partial charge in [-0.05, 0) is 116 Å². The van der Waals surface area contributed by atoms with E-state index < -0.39 is 31.9 Å². The third-order valence-corrected chi connectivity index (χ3v) is 14.1. The highest BCUT2D eigenvalue weighted by Gasteiger charge is 2.31. The summed E-state index contributed by atoms with van der Waals surface area (Å²) in [6, 6.07) is 14.6. The minimum atomic E-state index is -3.74. The van der Waals surface area contributed by atoms with E-state index in [0.29, 0.717) is 41.8 Å². The molecular weight excluding hydrogens is 717 g/mol. The van der Waals surface area contributed by atoms with Crippen molar-refractivity contribution in [1.29, 1.82) is 0 Å². The van der Waals surface area contributed by atoms with Gasteiger partial charge in [-0.1, -0.05) is 22.7 Å². The Labute approximate surface area is 300 Å². The molecule has 0 spiro atoms. The number of rotatable bonds is 12. The Kier molecular flexibility index (Phi) is 10.8. The first kappa shape index (κ1) is 37.5. The van der Waals surface area contributed by atoms with Gasteiger partial charge in [0.25, 0.3) is 11.8 Å². The highest BCUT2D eigenvalue weighted by molar-refractivity contribution is 7.89. The molecule has 0 bridgehead atoms. The minimum Gasteiger partial charge on any atom is -0.298 e. The Hall–Kier alpha value is -3.80. The molecule has 2 N–H and O–H groups in total. The van der Waals surface area contributed by atoms with Crippen molar-refractivity contribution < 1.29 is 26.4 Å². The lowest BCUT2D eigenvalue weighted by Gasteiger charge is -2.29. The summed E-state index contributed by atoms with van der Waals surface area (Å²) in [5, 5.41) is 6.12. The van der Waals surface area contributed by atoms with Gasteiger partial charge in [-0.15, -0.1) is 0 Å². The van der Waals surface area contributed by atoms with Crippen LogP contribution in [0.25, 0.3) is 20.4 Å². The number of nitrogens with one attached hydrogen (secondary N) is 2. The first-order valence-electron chi connectivity index (χ1n) is 16.0. The van der Waals surface area contributed by atoms with Gasteiger partial charge in [-0.2, -0.15) is 8.61 Å². The molecule has 0 saturated carbocycles. The van der Waals surface area contributed by atoms with Crippen molar-refractivity contribution in [3.63, 3.8) is 0 Å². The lowest BCUT2D eigenvalue weighted by Crippen LogP contribution is -2.41. The number of sulfonamides is 2. The third-order valence-electron chi connectivity index (χ3n) is 7.76. The van der Waals surface area contributed by atoms with Crippen LogP contribution in [0.4, 0.5) is 10.3 Å². The zero-order valence-corrected chi connectivity index (χ0v) is 32.2. The fraction of sp³-hybridized carbons (Fsp3) is 0.353. The van der Waals surface area contributed by atoms with E-state index in [-0.39, 0.29) is 34.0 Å². The molecule has 0 aliphatic carbocycles. The largest absolute Gasteiger partial charge is 0.298 e. The second-order valence-corrected chi connectivity index (χ2v) is 18.6. The topological polar surface area (TPSA) is 159 Å². The van der Waals surface area contributed by atoms with Crippen molar-refractivity contribution >= 4 is 85.2 Å². The quantitative estimate of drug-likeness (QED) is 0.137. The van der Waals surface area contributed by atoms with Crippen LogP contribution >= 0.6 is 22.7 Å². The van der Waals surface area contributed by atoms with Gasteiger partial charge >= 0.3 is 0 Å². The molecule has 12 nitrogen and oxygen atoms in total. The second-order valence-electron chi connectivity index (χ2n) is 12.8. The van der Waals surface area contributed by atoms with E-state index in [9.17, 15) is 26.4 Å². The molecule has 0 aliphatic heterocycles. The van der Waals surface area contributed by atoms with Crippen LogP contribution in [0, 0.1) is 0 Å². The van der Waals surface area contributed by atoms with E-state index in [1.54, 1.807) is 24.3 Å². The number of fused-ring (bicyclic) bond motifs is 2. The second kappa shape index (κ2) is 14.4. The van der Waals surface area contributed by atoms with Gasteiger partial charge in [0.1, 0.15) is 0 Å². The monoisotopic (exact) mass is 756 g/mol. The molecule has 0 aliphatic rings. The number of amides is 2. The number of hydrogen-bond acceptors (Lipinski definition) is 10. The molecule has 0 fully saturated rings. The van der Waals surface area contributed by atoms with Crippen LogP contribution in [-0.4, -0.2) is 71.4 Å². The SMILES string of the molecule is CC(C)N(C(C)C)S(=O)(=O)c1ccc2nc(NC(=O)c3ccc(C(=O)Nc4nc5ccc(S(=O)(=O)N(C(C)C)C(C)C)cc5s4)cc3)sc2c1. The Morgan fingerprint density at radius 3 is 1.18 bits per heavy atom. The highest BCUT2D eigenvalue weighted by Crippen LogP contribution is 2.32. The molecule has 2 heterocycles. The number of benzene rings is 3. The standard InChI is InChI=1S/C34H40N6O6S4/c1-19(2)39(20(3)4)49(43,44)25-13-15-27-29(17-25)47-33(35-27)37-31(41)23-9-11-24(12-10-23)32(42)38-34-36-28-16-14-26(18-30(28)48-34)50(45,46)40(21(5)6)22(7)8/h9-22H,1-8H3,(H,35,37,41)(H,36,38,42). The molecule has 16 heteroatoms. The summed E-state index contributed by atoms with van der Waals surface area (Å²) >= 11 is 2.33. The Morgan fingerprint density at radius 1 is 0.560 bits per heavy atom. The van der Waals surface area contributed by atoms with Crippen molar-refractivity contribution in [2.24, 2.45) is 0 Å². The zero-order valence-electron chi connectivity index (χ0n) is 29.0. The van der Waals surface area contributed by atoms with E-state index in [1.807, 2.05) is 55.4 Å². The molecule has 266 valence electrons. The fourth-order valence-electron chi connectivity index (χ4n) is 5.90. The Bertz CT molecular complexity index is 2100. The summed E-state index contributed by atoms with van der Waals surface area (Å²) in [7, 11) is -7.47. The minimum absolute atomic E-state index is 0.158. The molecule has 0 saturated heterocycles. The van der Waals surface area contributed by atoms with E-state index in [0.717, 1.165) is 22.7 Å². The summed E-state index contributed by atoms with van der Waals surface area (Å²) in [6.45, 7) is 14.7. The normalized spacial score (nSPS) is 12.8. The first-order chi connectivity index (χ1) is 23.4. The van der Waals surface area contributed by atoms with E-state index in [1.165, 1.54) is 45.0 Å². The molecule has 0 unspecified atom stereocenters. The van der Waals surface area contributed by atoms with Gasteiger partial charge in [-0.3, -0.25) is 20.2 Å². The predicted molar refractivity (Wildman–Crippen MR) is 200 cm³/mol. The van der Waals surface area contributed by atoms with Crippen molar-refractivity contribution in [2.75, 3.05) is 10.6 Å². The van der Waals surface area contributed by atoms with Gasteiger partial charge in [0.05, 0.1) is 30.2 Å². The third kappa shape index (κ3) is 7.60. The fourth-order valence-corrected chi connectivity index (χ4v) is 11.6. The molecular formula is C34H40N6O6S4. The maximum absolute atomic E-state index is 13.3. The van der Waals surface area contributed by atoms with Gasteiger partial charge in [-0.25, -0.2) is 26.8 Å². The van der Waals surface area contributed by atoms with Crippen molar-refractivity contribution in [3.8, 4) is 0 Å². The number of aromatic nitrogens is 2. The van der Waals surface area contributed by atoms with Crippen molar-refractivity contribution in [3.05, 3.63) is 71.8 Å². The van der Waals surface area contributed by atoms with Crippen LogP contribution in [0.5, 0.6) is 0 Å². The average Bonchev–Trinajstić information content (AvgIpc) is 3.61. The molecule has 5 aromatic rings.